The Kier molecular flexibility index (Phi) is 4.57. The first-order valence-corrected chi connectivity index (χ1v) is 8.36. The number of carbonyl (C=O) groups is 2. The minimum Gasteiger partial charge on any atom is -0.495 e. The van der Waals surface area contributed by atoms with Gasteiger partial charge < -0.3 is 15.4 Å². The highest BCUT2D eigenvalue weighted by atomic mass is 79.9. The fourth-order valence-corrected chi connectivity index (χ4v) is 2.86. The lowest BCUT2D eigenvalue weighted by atomic mass is 10.0. The smallest absolute Gasteiger partial charge is 0.240 e. The van der Waals surface area contributed by atoms with E-state index in [1.807, 2.05) is 24.3 Å². The van der Waals surface area contributed by atoms with Gasteiger partial charge in [-0.15, -0.1) is 0 Å². The molecule has 2 amide bonds. The Morgan fingerprint density at radius 3 is 2.08 bits per heavy atom. The number of halogens is 1. The molecule has 1 fully saturated rings. The number of ether oxygens (including phenoxy) is 1. The quantitative estimate of drug-likeness (QED) is 0.765. The molecule has 0 aromatic heterocycles. The molecule has 0 spiro atoms. The second-order valence-corrected chi connectivity index (χ2v) is 6.52. The molecule has 0 saturated heterocycles. The molecule has 2 aromatic carbocycles. The van der Waals surface area contributed by atoms with Gasteiger partial charge in [0, 0.05) is 4.47 Å². The van der Waals surface area contributed by atoms with Crippen molar-refractivity contribution in [2.45, 2.75) is 12.8 Å². The van der Waals surface area contributed by atoms with Crippen molar-refractivity contribution in [3.05, 3.63) is 53.0 Å². The van der Waals surface area contributed by atoms with Crippen LogP contribution in [0, 0.1) is 5.41 Å². The largest absolute Gasteiger partial charge is 0.495 e. The summed E-state index contributed by atoms with van der Waals surface area (Å²) in [5, 5.41) is 5.64. The predicted octanol–water partition coefficient (Wildman–Crippen LogP) is 3.82. The second-order valence-electron chi connectivity index (χ2n) is 5.67. The average molecular weight is 389 g/mol. The van der Waals surface area contributed by atoms with Crippen LogP contribution in [0.5, 0.6) is 5.75 Å². The number of nitrogens with one attached hydrogen (secondary N) is 2. The topological polar surface area (TPSA) is 67.4 Å². The molecule has 124 valence electrons. The van der Waals surface area contributed by atoms with Gasteiger partial charge in [-0.25, -0.2) is 0 Å². The van der Waals surface area contributed by atoms with E-state index >= 15 is 0 Å². The molecule has 3 rings (SSSR count). The third-order valence-electron chi connectivity index (χ3n) is 4.10. The molecule has 0 aliphatic heterocycles. The fraction of sp³-hybridized carbons (Fsp3) is 0.222. The van der Waals surface area contributed by atoms with Crippen LogP contribution in [0.25, 0.3) is 0 Å². The van der Waals surface area contributed by atoms with Gasteiger partial charge in [0.05, 0.1) is 18.5 Å². The first-order chi connectivity index (χ1) is 11.6. The molecule has 0 heterocycles. The SMILES string of the molecule is COc1ccccc1NC(=O)C1(C(=O)Nc2ccccc2Br)CC1. The Morgan fingerprint density at radius 1 is 0.958 bits per heavy atom. The molecule has 0 unspecified atom stereocenters. The number of benzene rings is 2. The summed E-state index contributed by atoms with van der Waals surface area (Å²) >= 11 is 3.39. The van der Waals surface area contributed by atoms with Crippen molar-refractivity contribution >= 4 is 39.1 Å². The normalized spacial score (nSPS) is 14.6. The lowest BCUT2D eigenvalue weighted by Crippen LogP contribution is -2.35. The molecule has 2 N–H and O–H groups in total. The van der Waals surface area contributed by atoms with Crippen molar-refractivity contribution in [2.75, 3.05) is 17.7 Å². The van der Waals surface area contributed by atoms with Crippen LogP contribution in [0.2, 0.25) is 0 Å². The average Bonchev–Trinajstić information content (AvgIpc) is 3.39. The number of rotatable bonds is 5. The minimum absolute atomic E-state index is 0.290. The van der Waals surface area contributed by atoms with Crippen LogP contribution in [0.1, 0.15) is 12.8 Å². The van der Waals surface area contributed by atoms with E-state index in [9.17, 15) is 9.59 Å². The standard InChI is InChI=1S/C18H17BrN2O3/c1-24-15-9-5-4-8-14(15)21-17(23)18(10-11-18)16(22)20-13-7-3-2-6-12(13)19/h2-9H,10-11H2,1H3,(H,20,22)(H,21,23). The van der Waals surface area contributed by atoms with Gasteiger partial charge >= 0.3 is 0 Å². The van der Waals surface area contributed by atoms with Gasteiger partial charge in [-0.05, 0) is 53.0 Å². The van der Waals surface area contributed by atoms with E-state index in [0.717, 1.165) is 4.47 Å². The molecule has 1 aliphatic rings. The summed E-state index contributed by atoms with van der Waals surface area (Å²) in [5.74, 6) is -0.0359. The Hall–Kier alpha value is -2.34. The fourth-order valence-electron chi connectivity index (χ4n) is 2.48. The zero-order valence-electron chi connectivity index (χ0n) is 13.1. The molecule has 5 nitrogen and oxygen atoms in total. The summed E-state index contributed by atoms with van der Waals surface area (Å²) in [6.07, 6.45) is 1.06. The van der Waals surface area contributed by atoms with E-state index in [1.165, 1.54) is 7.11 Å². The summed E-state index contributed by atoms with van der Waals surface area (Å²) in [7, 11) is 1.54. The van der Waals surface area contributed by atoms with E-state index in [-0.39, 0.29) is 11.8 Å². The highest BCUT2D eigenvalue weighted by Crippen LogP contribution is 2.48. The molecule has 0 bridgehead atoms. The van der Waals surface area contributed by atoms with Crippen molar-refractivity contribution in [1.29, 1.82) is 0 Å². The maximum Gasteiger partial charge on any atom is 0.240 e. The van der Waals surface area contributed by atoms with Crippen molar-refractivity contribution in [3.8, 4) is 5.75 Å². The molecule has 6 heteroatoms. The van der Waals surface area contributed by atoms with Gasteiger partial charge in [0.1, 0.15) is 11.2 Å². The van der Waals surface area contributed by atoms with Crippen molar-refractivity contribution < 1.29 is 14.3 Å². The van der Waals surface area contributed by atoms with Crippen LogP contribution < -0.4 is 15.4 Å². The molecular weight excluding hydrogens is 372 g/mol. The lowest BCUT2D eigenvalue weighted by Gasteiger charge is -2.17. The number of para-hydroxylation sites is 3. The molecular formula is C18H17BrN2O3. The molecule has 2 aromatic rings. The third-order valence-corrected chi connectivity index (χ3v) is 4.79. The summed E-state index contributed by atoms with van der Waals surface area (Å²) in [6, 6.07) is 14.4. The number of hydrogen-bond acceptors (Lipinski definition) is 3. The summed E-state index contributed by atoms with van der Waals surface area (Å²) in [6.45, 7) is 0. The second kappa shape index (κ2) is 6.65. The predicted molar refractivity (Wildman–Crippen MR) is 96.1 cm³/mol. The Balaban J connectivity index is 1.74. The zero-order valence-corrected chi connectivity index (χ0v) is 14.7. The Bertz CT molecular complexity index is 787. The lowest BCUT2D eigenvalue weighted by molar-refractivity contribution is -0.131. The number of methoxy groups -OCH3 is 1. The van der Waals surface area contributed by atoms with Crippen LogP contribution in [0.3, 0.4) is 0 Å². The third kappa shape index (κ3) is 3.14. The van der Waals surface area contributed by atoms with Crippen LogP contribution in [-0.4, -0.2) is 18.9 Å². The van der Waals surface area contributed by atoms with Crippen molar-refractivity contribution in [1.82, 2.24) is 0 Å². The molecule has 0 radical (unpaired) electrons. The molecule has 24 heavy (non-hydrogen) atoms. The van der Waals surface area contributed by atoms with E-state index in [2.05, 4.69) is 26.6 Å². The van der Waals surface area contributed by atoms with E-state index in [4.69, 9.17) is 4.74 Å². The Labute approximate surface area is 148 Å². The van der Waals surface area contributed by atoms with Gasteiger partial charge in [0.15, 0.2) is 0 Å². The summed E-state index contributed by atoms with van der Waals surface area (Å²) in [4.78, 5) is 25.3. The number of anilines is 2. The number of hydrogen-bond donors (Lipinski definition) is 2. The maximum absolute atomic E-state index is 12.6. The highest BCUT2D eigenvalue weighted by molar-refractivity contribution is 9.10. The minimum atomic E-state index is -1.02. The molecule has 1 saturated carbocycles. The van der Waals surface area contributed by atoms with Gasteiger partial charge in [-0.2, -0.15) is 0 Å². The molecule has 0 atom stereocenters. The molecule has 1 aliphatic carbocycles. The van der Waals surface area contributed by atoms with Crippen LogP contribution in [0.15, 0.2) is 53.0 Å². The number of amides is 2. The van der Waals surface area contributed by atoms with Gasteiger partial charge in [-0.1, -0.05) is 24.3 Å². The van der Waals surface area contributed by atoms with Crippen LogP contribution in [-0.2, 0) is 9.59 Å². The van der Waals surface area contributed by atoms with Gasteiger partial charge in [0.25, 0.3) is 0 Å². The van der Waals surface area contributed by atoms with Gasteiger partial charge in [0.2, 0.25) is 11.8 Å². The Morgan fingerprint density at radius 2 is 1.50 bits per heavy atom. The zero-order chi connectivity index (χ0) is 17.2. The van der Waals surface area contributed by atoms with E-state index < -0.39 is 5.41 Å². The van der Waals surface area contributed by atoms with E-state index in [0.29, 0.717) is 30.0 Å². The number of carbonyl (C=O) groups excluding carboxylic acids is 2. The van der Waals surface area contributed by atoms with Crippen LogP contribution in [0.4, 0.5) is 11.4 Å². The van der Waals surface area contributed by atoms with Crippen molar-refractivity contribution in [2.24, 2.45) is 5.41 Å². The van der Waals surface area contributed by atoms with Crippen LogP contribution >= 0.6 is 15.9 Å². The monoisotopic (exact) mass is 388 g/mol. The van der Waals surface area contributed by atoms with Gasteiger partial charge in [-0.3, -0.25) is 9.59 Å². The van der Waals surface area contributed by atoms with Crippen molar-refractivity contribution in [3.63, 3.8) is 0 Å². The summed E-state index contributed by atoms with van der Waals surface area (Å²) < 4.78 is 6.01. The van der Waals surface area contributed by atoms with E-state index in [1.54, 1.807) is 24.3 Å². The maximum atomic E-state index is 12.6. The summed E-state index contributed by atoms with van der Waals surface area (Å²) in [5.41, 5.74) is 0.194. The highest BCUT2D eigenvalue weighted by Gasteiger charge is 2.56. The first-order valence-electron chi connectivity index (χ1n) is 7.57. The first kappa shape index (κ1) is 16.5.